The number of carbonyl (C=O) groups is 3. The Morgan fingerprint density at radius 3 is 2.33 bits per heavy atom. The number of anilines is 1. The van der Waals surface area contributed by atoms with Gasteiger partial charge in [0.05, 0.1) is 11.6 Å². The second-order valence-corrected chi connectivity index (χ2v) is 10.7. The van der Waals surface area contributed by atoms with E-state index >= 15 is 0 Å². The fourth-order valence-electron chi connectivity index (χ4n) is 4.54. The molecule has 0 spiro atoms. The van der Waals surface area contributed by atoms with E-state index in [1.165, 1.54) is 30.6 Å². The quantitative estimate of drug-likeness (QED) is 0.262. The second kappa shape index (κ2) is 11.8. The number of carbonyl (C=O) groups excluding carboxylic acids is 3. The van der Waals surface area contributed by atoms with Gasteiger partial charge in [0.25, 0.3) is 5.91 Å². The van der Waals surface area contributed by atoms with Gasteiger partial charge in [-0.15, -0.1) is 0 Å². The number of imide groups is 1. The summed E-state index contributed by atoms with van der Waals surface area (Å²) >= 11 is 0. The molecule has 1 fully saturated rings. The fraction of sp³-hybridized carbons (Fsp3) is 0.679. The molecule has 0 aliphatic carbocycles. The van der Waals surface area contributed by atoms with Crippen molar-refractivity contribution in [2.45, 2.75) is 99.3 Å². The zero-order valence-electron chi connectivity index (χ0n) is 21.6. The summed E-state index contributed by atoms with van der Waals surface area (Å²) < 4.78 is 0. The van der Waals surface area contributed by atoms with Gasteiger partial charge in [-0.2, -0.15) is 0 Å². The van der Waals surface area contributed by atoms with E-state index in [1.54, 1.807) is 24.3 Å². The van der Waals surface area contributed by atoms with E-state index in [-0.39, 0.29) is 36.9 Å². The van der Waals surface area contributed by atoms with Crippen LogP contribution in [0.15, 0.2) is 24.3 Å². The van der Waals surface area contributed by atoms with E-state index in [0.717, 1.165) is 25.7 Å². The average molecular weight is 459 g/mol. The topological polar surface area (TPSA) is 66.5 Å². The molecule has 33 heavy (non-hydrogen) atoms. The number of unbranched alkanes of at least 4 members (excludes halogenated alkanes) is 3. The molecule has 1 aliphatic heterocycles. The van der Waals surface area contributed by atoms with Gasteiger partial charge in [-0.1, -0.05) is 73.3 Å². The lowest BCUT2D eigenvalue weighted by molar-refractivity contribution is -0.124. The average Bonchev–Trinajstić information content (AvgIpc) is 3.12. The molecule has 0 aromatic heterocycles. The Kier molecular flexibility index (Phi) is 9.69. The highest BCUT2D eigenvalue weighted by molar-refractivity contribution is 6.21. The Morgan fingerprint density at radius 1 is 1.03 bits per heavy atom. The van der Waals surface area contributed by atoms with Gasteiger partial charge in [0, 0.05) is 20.0 Å². The van der Waals surface area contributed by atoms with Crippen LogP contribution in [0.3, 0.4) is 0 Å². The predicted octanol–water partition coefficient (Wildman–Crippen LogP) is 6.75. The smallest absolute Gasteiger partial charge is 0.251 e. The predicted molar refractivity (Wildman–Crippen MR) is 137 cm³/mol. The highest BCUT2D eigenvalue weighted by Gasteiger charge is 2.47. The number of benzene rings is 1. The maximum Gasteiger partial charge on any atom is 0.251 e. The maximum atomic E-state index is 13.1. The second-order valence-electron chi connectivity index (χ2n) is 10.7. The van der Waals surface area contributed by atoms with Gasteiger partial charge in [-0.05, 0) is 54.7 Å². The van der Waals surface area contributed by atoms with Crippen LogP contribution >= 0.6 is 0 Å². The van der Waals surface area contributed by atoms with Crippen molar-refractivity contribution in [3.8, 4) is 0 Å². The Morgan fingerprint density at radius 2 is 1.70 bits per heavy atom. The van der Waals surface area contributed by atoms with Crippen LogP contribution in [0.2, 0.25) is 0 Å². The molecular formula is C28H46N2O3. The first kappa shape index (κ1) is 27.1. The molecule has 5 nitrogen and oxygen atoms in total. The van der Waals surface area contributed by atoms with Gasteiger partial charge in [0.15, 0.2) is 0 Å². The molecule has 1 aliphatic rings. The van der Waals surface area contributed by atoms with Crippen LogP contribution in [0.4, 0.5) is 5.69 Å². The van der Waals surface area contributed by atoms with Gasteiger partial charge >= 0.3 is 0 Å². The minimum atomic E-state index is -0.305. The third-order valence-corrected chi connectivity index (χ3v) is 7.99. The van der Waals surface area contributed by atoms with Crippen LogP contribution in [0, 0.1) is 16.7 Å². The Labute approximate surface area is 202 Å². The monoisotopic (exact) mass is 458 g/mol. The molecule has 2 rings (SSSR count). The van der Waals surface area contributed by atoms with Crippen molar-refractivity contribution >= 4 is 23.4 Å². The highest BCUT2D eigenvalue weighted by atomic mass is 16.2. The first-order chi connectivity index (χ1) is 15.6. The molecule has 3 amide bonds. The van der Waals surface area contributed by atoms with Crippen molar-refractivity contribution < 1.29 is 15.8 Å². The van der Waals surface area contributed by atoms with E-state index in [9.17, 15) is 14.4 Å². The van der Waals surface area contributed by atoms with E-state index in [2.05, 4.69) is 46.9 Å². The van der Waals surface area contributed by atoms with Crippen molar-refractivity contribution in [1.29, 1.82) is 0 Å². The minimum absolute atomic E-state index is 0. The highest BCUT2D eigenvalue weighted by Crippen LogP contribution is 2.42. The summed E-state index contributed by atoms with van der Waals surface area (Å²) in [5.41, 5.74) is 1.20. The van der Waals surface area contributed by atoms with Crippen LogP contribution < -0.4 is 10.2 Å². The summed E-state index contributed by atoms with van der Waals surface area (Å²) in [6.45, 7) is 13.7. The van der Waals surface area contributed by atoms with Gasteiger partial charge in [0.1, 0.15) is 0 Å². The number of rotatable bonds is 13. The number of nitrogens with zero attached hydrogens (tertiary/aromatic N) is 1. The van der Waals surface area contributed by atoms with Crippen LogP contribution in [0.1, 0.15) is 111 Å². The Bertz CT molecular complexity index is 833. The van der Waals surface area contributed by atoms with Crippen LogP contribution in [-0.4, -0.2) is 24.3 Å². The van der Waals surface area contributed by atoms with Gasteiger partial charge in [0.2, 0.25) is 11.8 Å². The zero-order valence-corrected chi connectivity index (χ0v) is 21.6. The summed E-state index contributed by atoms with van der Waals surface area (Å²) in [4.78, 5) is 39.8. The number of amides is 3. The lowest BCUT2D eigenvalue weighted by Crippen LogP contribution is -2.36. The molecule has 5 heteroatoms. The zero-order chi connectivity index (χ0) is 24.6. The molecule has 1 aromatic rings. The van der Waals surface area contributed by atoms with Crippen LogP contribution in [-0.2, 0) is 9.59 Å². The standard InChI is InChI=1S/C28H44N2O3.H2/c1-7-27(4,5)17-12-10-11-13-18-29-25(32)21-15-14-16-22(19-21)30-24(31)20-23(26(30)33)28(6,8-2)9-3;/h14-16,19,23H,7-13,17-18,20H2,1-6H3,(H,29,32);1H. The molecule has 1 saturated heterocycles. The molecular weight excluding hydrogens is 412 g/mol. The van der Waals surface area contributed by atoms with E-state index in [1.807, 2.05) is 0 Å². The largest absolute Gasteiger partial charge is 0.352 e. The van der Waals surface area contributed by atoms with Crippen molar-refractivity contribution in [3.63, 3.8) is 0 Å². The van der Waals surface area contributed by atoms with Gasteiger partial charge in [-0.25, -0.2) is 0 Å². The Hall–Kier alpha value is -2.17. The van der Waals surface area contributed by atoms with E-state index in [4.69, 9.17) is 0 Å². The molecule has 1 heterocycles. The SMILES string of the molecule is CCC(C)(C)CCCCCCNC(=O)c1cccc(N2C(=O)CC(C(C)(CC)CC)C2=O)c1.[HH]. The summed E-state index contributed by atoms with van der Waals surface area (Å²) in [5, 5.41) is 2.98. The first-order valence-electron chi connectivity index (χ1n) is 12.8. The molecule has 0 radical (unpaired) electrons. The van der Waals surface area contributed by atoms with Crippen molar-refractivity contribution in [3.05, 3.63) is 29.8 Å². The summed E-state index contributed by atoms with van der Waals surface area (Å²) in [7, 11) is 0. The van der Waals surface area contributed by atoms with Crippen LogP contribution in [0.25, 0.3) is 0 Å². The molecule has 1 atom stereocenters. The maximum absolute atomic E-state index is 13.1. The summed E-state index contributed by atoms with van der Waals surface area (Å²) in [6.07, 6.45) is 8.85. The lowest BCUT2D eigenvalue weighted by Gasteiger charge is -2.31. The van der Waals surface area contributed by atoms with E-state index in [0.29, 0.717) is 23.2 Å². The van der Waals surface area contributed by atoms with E-state index < -0.39 is 0 Å². The normalized spacial score (nSPS) is 17.0. The number of hydrogen-bond acceptors (Lipinski definition) is 3. The molecule has 186 valence electrons. The third kappa shape index (κ3) is 6.91. The molecule has 0 saturated carbocycles. The number of hydrogen-bond donors (Lipinski definition) is 1. The van der Waals surface area contributed by atoms with Crippen molar-refractivity contribution in [1.82, 2.24) is 5.32 Å². The molecule has 1 N–H and O–H groups in total. The lowest BCUT2D eigenvalue weighted by atomic mass is 9.72. The van der Waals surface area contributed by atoms with Gasteiger partial charge < -0.3 is 5.32 Å². The summed E-state index contributed by atoms with van der Waals surface area (Å²) in [6, 6.07) is 6.88. The number of nitrogens with one attached hydrogen (secondary N) is 1. The first-order valence-corrected chi connectivity index (χ1v) is 12.8. The third-order valence-electron chi connectivity index (χ3n) is 7.99. The Balaban J connectivity index is 0.00000578. The minimum Gasteiger partial charge on any atom is -0.352 e. The molecule has 0 bridgehead atoms. The molecule has 1 unspecified atom stereocenters. The summed E-state index contributed by atoms with van der Waals surface area (Å²) in [5.74, 6) is -0.788. The van der Waals surface area contributed by atoms with Gasteiger partial charge in [-0.3, -0.25) is 19.3 Å². The van der Waals surface area contributed by atoms with Crippen LogP contribution in [0.5, 0.6) is 0 Å². The molecule has 1 aromatic carbocycles. The van der Waals surface area contributed by atoms with Crippen molar-refractivity contribution in [2.75, 3.05) is 11.4 Å². The van der Waals surface area contributed by atoms with Crippen molar-refractivity contribution in [2.24, 2.45) is 16.7 Å². The fourth-order valence-corrected chi connectivity index (χ4v) is 4.54.